The van der Waals surface area contributed by atoms with Gasteiger partial charge in [0.2, 0.25) is 0 Å². The van der Waals surface area contributed by atoms with E-state index in [0.717, 1.165) is 30.3 Å². The SMILES string of the molecule is CN1CCCc2[nH]c3ccc(C(=O)NCCCN)cc3c21. The number of hydrogen-bond donors (Lipinski definition) is 3. The Morgan fingerprint density at radius 2 is 2.33 bits per heavy atom. The van der Waals surface area contributed by atoms with E-state index in [9.17, 15) is 4.79 Å². The van der Waals surface area contributed by atoms with E-state index >= 15 is 0 Å². The Balaban J connectivity index is 1.92. The van der Waals surface area contributed by atoms with Crippen LogP contribution in [0, 0.1) is 0 Å². The van der Waals surface area contributed by atoms with Crippen molar-refractivity contribution in [3.05, 3.63) is 29.5 Å². The van der Waals surface area contributed by atoms with E-state index in [0.29, 0.717) is 18.7 Å². The number of amides is 1. The molecule has 0 saturated heterocycles. The van der Waals surface area contributed by atoms with Crippen molar-refractivity contribution in [1.29, 1.82) is 0 Å². The summed E-state index contributed by atoms with van der Waals surface area (Å²) in [6, 6.07) is 5.87. The lowest BCUT2D eigenvalue weighted by Gasteiger charge is -2.24. The monoisotopic (exact) mass is 286 g/mol. The van der Waals surface area contributed by atoms with Gasteiger partial charge in [0.1, 0.15) is 0 Å². The van der Waals surface area contributed by atoms with Crippen LogP contribution in [0.25, 0.3) is 10.9 Å². The van der Waals surface area contributed by atoms with Crippen LogP contribution in [-0.2, 0) is 6.42 Å². The summed E-state index contributed by atoms with van der Waals surface area (Å²) in [5.41, 5.74) is 9.78. The molecule has 1 aromatic carbocycles. The highest BCUT2D eigenvalue weighted by Crippen LogP contribution is 2.34. The van der Waals surface area contributed by atoms with E-state index in [1.54, 1.807) is 0 Å². The van der Waals surface area contributed by atoms with Crippen molar-refractivity contribution >= 4 is 22.5 Å². The summed E-state index contributed by atoms with van der Waals surface area (Å²) in [5.74, 6) is -0.0289. The van der Waals surface area contributed by atoms with Crippen LogP contribution in [0.3, 0.4) is 0 Å². The standard InChI is InChI=1S/C16H22N4O/c1-20-9-2-4-14-15(20)12-10-11(5-6-13(12)19-14)16(21)18-8-3-7-17/h5-6,10,19H,2-4,7-9,17H2,1H3,(H,18,21). The summed E-state index contributed by atoms with van der Waals surface area (Å²) in [5, 5.41) is 4.04. The molecule has 1 aliphatic heterocycles. The summed E-state index contributed by atoms with van der Waals surface area (Å²) < 4.78 is 0. The highest BCUT2D eigenvalue weighted by atomic mass is 16.1. The number of anilines is 1. The quantitative estimate of drug-likeness (QED) is 0.748. The van der Waals surface area contributed by atoms with E-state index in [2.05, 4.69) is 22.2 Å². The lowest BCUT2D eigenvalue weighted by molar-refractivity contribution is 0.0953. The van der Waals surface area contributed by atoms with Crippen LogP contribution >= 0.6 is 0 Å². The first kappa shape index (κ1) is 13.9. The molecule has 0 unspecified atom stereocenters. The molecule has 21 heavy (non-hydrogen) atoms. The number of carbonyl (C=O) groups is 1. The molecule has 5 nitrogen and oxygen atoms in total. The van der Waals surface area contributed by atoms with E-state index in [-0.39, 0.29) is 5.91 Å². The number of aryl methyl sites for hydroxylation is 1. The largest absolute Gasteiger partial charge is 0.373 e. The maximum Gasteiger partial charge on any atom is 0.251 e. The summed E-state index contributed by atoms with van der Waals surface area (Å²) in [4.78, 5) is 17.9. The number of carbonyl (C=O) groups excluding carboxylic acids is 1. The van der Waals surface area contributed by atoms with Crippen LogP contribution in [0.15, 0.2) is 18.2 Å². The summed E-state index contributed by atoms with van der Waals surface area (Å²) in [6.45, 7) is 2.28. The van der Waals surface area contributed by atoms with Crippen molar-refractivity contribution < 1.29 is 4.79 Å². The van der Waals surface area contributed by atoms with Crippen LogP contribution in [-0.4, -0.2) is 37.6 Å². The van der Waals surface area contributed by atoms with E-state index < -0.39 is 0 Å². The predicted molar refractivity (Wildman–Crippen MR) is 85.9 cm³/mol. The average molecular weight is 286 g/mol. The van der Waals surface area contributed by atoms with Crippen LogP contribution < -0.4 is 16.0 Å². The molecule has 5 heteroatoms. The van der Waals surface area contributed by atoms with Gasteiger partial charge in [-0.3, -0.25) is 4.79 Å². The fraction of sp³-hybridized carbons (Fsp3) is 0.438. The molecule has 0 spiro atoms. The molecule has 0 saturated carbocycles. The number of nitrogens with two attached hydrogens (primary N) is 1. The predicted octanol–water partition coefficient (Wildman–Crippen LogP) is 1.63. The Labute approximate surface area is 124 Å². The molecule has 0 fully saturated rings. The second-order valence-corrected chi connectivity index (χ2v) is 5.64. The average Bonchev–Trinajstić information content (AvgIpc) is 2.86. The van der Waals surface area contributed by atoms with Crippen molar-refractivity contribution in [2.24, 2.45) is 5.73 Å². The fourth-order valence-electron chi connectivity index (χ4n) is 3.00. The molecule has 1 amide bonds. The minimum atomic E-state index is -0.0289. The van der Waals surface area contributed by atoms with Gasteiger partial charge >= 0.3 is 0 Å². The lowest BCUT2D eigenvalue weighted by Crippen LogP contribution is -2.26. The zero-order chi connectivity index (χ0) is 14.8. The number of aromatic amines is 1. The molecule has 1 aromatic heterocycles. The third kappa shape index (κ3) is 2.61. The zero-order valence-electron chi connectivity index (χ0n) is 12.4. The molecule has 3 rings (SSSR count). The van der Waals surface area contributed by atoms with Crippen LogP contribution in [0.1, 0.15) is 28.9 Å². The van der Waals surface area contributed by atoms with E-state index in [1.807, 2.05) is 18.2 Å². The van der Waals surface area contributed by atoms with E-state index in [1.165, 1.54) is 17.8 Å². The molecule has 0 aliphatic carbocycles. The molecule has 112 valence electrons. The lowest BCUT2D eigenvalue weighted by atomic mass is 10.1. The summed E-state index contributed by atoms with van der Waals surface area (Å²) in [7, 11) is 2.11. The molecule has 0 radical (unpaired) electrons. The van der Waals surface area contributed by atoms with Crippen molar-refractivity contribution in [1.82, 2.24) is 10.3 Å². The first-order chi connectivity index (χ1) is 10.2. The number of hydrogen-bond acceptors (Lipinski definition) is 3. The van der Waals surface area contributed by atoms with Crippen molar-refractivity contribution in [3.63, 3.8) is 0 Å². The number of nitrogens with zero attached hydrogens (tertiary/aromatic N) is 1. The van der Waals surface area contributed by atoms with Gasteiger partial charge in [-0.05, 0) is 44.0 Å². The highest BCUT2D eigenvalue weighted by molar-refractivity contribution is 6.02. The third-order valence-electron chi connectivity index (χ3n) is 4.08. The second-order valence-electron chi connectivity index (χ2n) is 5.64. The van der Waals surface area contributed by atoms with Crippen molar-refractivity contribution in [2.45, 2.75) is 19.3 Å². The van der Waals surface area contributed by atoms with Gasteiger partial charge in [0.25, 0.3) is 5.91 Å². The Morgan fingerprint density at radius 1 is 1.48 bits per heavy atom. The number of nitrogens with one attached hydrogen (secondary N) is 2. The van der Waals surface area contributed by atoms with Crippen LogP contribution in [0.5, 0.6) is 0 Å². The van der Waals surface area contributed by atoms with Crippen LogP contribution in [0.4, 0.5) is 5.69 Å². The molecule has 2 heterocycles. The smallest absolute Gasteiger partial charge is 0.251 e. The fourth-order valence-corrected chi connectivity index (χ4v) is 3.00. The van der Waals surface area contributed by atoms with Gasteiger partial charge in [-0.25, -0.2) is 0 Å². The minimum Gasteiger partial charge on any atom is -0.373 e. The van der Waals surface area contributed by atoms with Crippen molar-refractivity contribution in [3.8, 4) is 0 Å². The second kappa shape index (κ2) is 5.77. The molecular weight excluding hydrogens is 264 g/mol. The molecule has 0 atom stereocenters. The summed E-state index contributed by atoms with van der Waals surface area (Å²) >= 11 is 0. The first-order valence-corrected chi connectivity index (χ1v) is 7.54. The molecule has 0 bridgehead atoms. The number of benzene rings is 1. The van der Waals surface area contributed by atoms with Gasteiger partial charge in [0, 0.05) is 42.3 Å². The van der Waals surface area contributed by atoms with Gasteiger partial charge in [-0.1, -0.05) is 0 Å². The van der Waals surface area contributed by atoms with E-state index in [4.69, 9.17) is 5.73 Å². The normalized spacial score (nSPS) is 14.3. The number of fused-ring (bicyclic) bond motifs is 3. The van der Waals surface area contributed by atoms with Crippen LogP contribution in [0.2, 0.25) is 0 Å². The zero-order valence-corrected chi connectivity index (χ0v) is 12.4. The molecule has 4 N–H and O–H groups in total. The molecule has 2 aromatic rings. The van der Waals surface area contributed by atoms with Gasteiger partial charge in [-0.2, -0.15) is 0 Å². The molecular formula is C16H22N4O. The maximum absolute atomic E-state index is 12.2. The number of aromatic nitrogens is 1. The van der Waals surface area contributed by atoms with Gasteiger partial charge in [0.15, 0.2) is 0 Å². The minimum absolute atomic E-state index is 0.0289. The molecule has 1 aliphatic rings. The Morgan fingerprint density at radius 3 is 3.14 bits per heavy atom. The highest BCUT2D eigenvalue weighted by Gasteiger charge is 2.20. The van der Waals surface area contributed by atoms with Gasteiger partial charge in [-0.15, -0.1) is 0 Å². The van der Waals surface area contributed by atoms with Crippen molar-refractivity contribution in [2.75, 3.05) is 31.6 Å². The maximum atomic E-state index is 12.2. The summed E-state index contributed by atoms with van der Waals surface area (Å²) in [6.07, 6.45) is 3.05. The van der Waals surface area contributed by atoms with Gasteiger partial charge < -0.3 is 20.9 Å². The Bertz CT molecular complexity index is 662. The first-order valence-electron chi connectivity index (χ1n) is 7.54. The van der Waals surface area contributed by atoms with Gasteiger partial charge in [0.05, 0.1) is 5.69 Å². The Hall–Kier alpha value is -2.01. The number of H-pyrrole nitrogens is 1. The third-order valence-corrected chi connectivity index (χ3v) is 4.08. The Kier molecular flexibility index (Phi) is 3.84. The number of rotatable bonds is 4. The topological polar surface area (TPSA) is 74.2 Å².